The molecule has 9 nitrogen and oxygen atoms in total. The van der Waals surface area contributed by atoms with Gasteiger partial charge in [0.25, 0.3) is 0 Å². The molecule has 0 bridgehead atoms. The lowest BCUT2D eigenvalue weighted by Gasteiger charge is -2.15. The summed E-state index contributed by atoms with van der Waals surface area (Å²) in [7, 11) is -2.83. The first-order valence-electron chi connectivity index (χ1n) is 12.3. The van der Waals surface area contributed by atoms with Crippen LogP contribution in [0.15, 0.2) is 77.7 Å². The highest BCUT2D eigenvalue weighted by atomic mass is 32.2. The second-order valence-electron chi connectivity index (χ2n) is 8.89. The highest BCUT2D eigenvalue weighted by Crippen LogP contribution is 2.44. The van der Waals surface area contributed by atoms with Crippen LogP contribution in [0.25, 0.3) is 11.1 Å². The molecule has 0 aliphatic heterocycles. The van der Waals surface area contributed by atoms with Crippen LogP contribution in [-0.4, -0.2) is 46.8 Å². The molecular weight excluding hydrogens is 508 g/mol. The molecule has 3 N–H and O–H groups in total. The van der Waals surface area contributed by atoms with E-state index in [2.05, 4.69) is 33.8 Å². The van der Waals surface area contributed by atoms with Crippen LogP contribution in [-0.2, 0) is 23.8 Å². The zero-order valence-electron chi connectivity index (χ0n) is 21.0. The molecule has 1 aliphatic carbocycles. The summed E-state index contributed by atoms with van der Waals surface area (Å²) in [6.45, 7) is 0.543. The van der Waals surface area contributed by atoms with Gasteiger partial charge in [-0.1, -0.05) is 48.5 Å². The predicted molar refractivity (Wildman–Crippen MR) is 141 cm³/mol. The van der Waals surface area contributed by atoms with Gasteiger partial charge in [-0.2, -0.15) is 8.42 Å². The van der Waals surface area contributed by atoms with Gasteiger partial charge in [-0.15, -0.1) is 0 Å². The smallest absolute Gasteiger partial charge is 0.407 e. The summed E-state index contributed by atoms with van der Waals surface area (Å²) in [5, 5.41) is 2.70. The van der Waals surface area contributed by atoms with Gasteiger partial charge < -0.3 is 24.7 Å². The second-order valence-corrected chi connectivity index (χ2v) is 10.4. The van der Waals surface area contributed by atoms with Gasteiger partial charge in [-0.3, -0.25) is 0 Å². The van der Waals surface area contributed by atoms with Crippen molar-refractivity contribution in [2.24, 2.45) is 5.73 Å². The normalized spacial score (nSPS) is 13.2. The van der Waals surface area contributed by atoms with Gasteiger partial charge in [0.2, 0.25) is 0 Å². The van der Waals surface area contributed by atoms with E-state index in [1.807, 2.05) is 24.3 Å². The van der Waals surface area contributed by atoms with Crippen LogP contribution in [0.1, 0.15) is 36.3 Å². The SMILES string of the molecule is COc1ccc(S(=O)(=O)OC(=O)[C@@H](N)CCCCNC(=O)OCC2c3ccccc3-c3ccccc32)cc1. The highest BCUT2D eigenvalue weighted by Gasteiger charge is 2.29. The molecule has 0 spiro atoms. The van der Waals surface area contributed by atoms with E-state index in [0.29, 0.717) is 25.1 Å². The summed E-state index contributed by atoms with van der Waals surface area (Å²) in [5.74, 6) is -0.588. The van der Waals surface area contributed by atoms with Crippen molar-refractivity contribution < 1.29 is 31.7 Å². The summed E-state index contributed by atoms with van der Waals surface area (Å²) < 4.78 is 39.7. The molecule has 1 aliphatic rings. The molecule has 0 saturated heterocycles. The number of alkyl carbamates (subject to hydrolysis) is 1. The summed E-state index contributed by atoms with van der Waals surface area (Å²) in [6, 6.07) is 20.5. The Labute approximate surface area is 222 Å². The Bertz CT molecular complexity index is 1340. The van der Waals surface area contributed by atoms with Crippen molar-refractivity contribution in [1.29, 1.82) is 0 Å². The molecule has 0 saturated carbocycles. The standard InChI is InChI=1S/C28H30N2O7S/c1-35-19-13-15-20(16-14-19)38(33,34)37-27(31)26(29)12-6-7-17-30-28(32)36-18-25-23-10-4-2-8-21(23)22-9-3-5-11-24(22)25/h2-5,8-11,13-16,25-26H,6-7,12,17-18,29H2,1H3,(H,30,32)/t26-/m0/s1. The predicted octanol–water partition coefficient (Wildman–Crippen LogP) is 3.96. The van der Waals surface area contributed by atoms with Crippen molar-refractivity contribution in [1.82, 2.24) is 5.32 Å². The van der Waals surface area contributed by atoms with E-state index >= 15 is 0 Å². The topological polar surface area (TPSA) is 134 Å². The van der Waals surface area contributed by atoms with Gasteiger partial charge in [-0.25, -0.2) is 9.59 Å². The number of hydrogen-bond acceptors (Lipinski definition) is 8. The van der Waals surface area contributed by atoms with Crippen LogP contribution in [0.4, 0.5) is 4.79 Å². The summed E-state index contributed by atoms with van der Waals surface area (Å²) in [6.07, 6.45) is 0.670. The first-order chi connectivity index (χ1) is 18.3. The number of carbonyl (C=O) groups is 2. The number of fused-ring (bicyclic) bond motifs is 3. The first-order valence-corrected chi connectivity index (χ1v) is 13.7. The van der Waals surface area contributed by atoms with E-state index in [-0.39, 0.29) is 23.8 Å². The van der Waals surface area contributed by atoms with Crippen molar-refractivity contribution >= 4 is 22.2 Å². The molecule has 0 fully saturated rings. The fourth-order valence-corrected chi connectivity index (χ4v) is 5.31. The number of nitrogens with one attached hydrogen (secondary N) is 1. The van der Waals surface area contributed by atoms with E-state index in [1.165, 1.54) is 31.4 Å². The highest BCUT2D eigenvalue weighted by molar-refractivity contribution is 7.87. The monoisotopic (exact) mass is 538 g/mol. The zero-order valence-corrected chi connectivity index (χ0v) is 21.8. The quantitative estimate of drug-likeness (QED) is 0.277. The molecule has 3 aromatic carbocycles. The molecule has 4 rings (SSSR count). The molecule has 0 heterocycles. The number of methoxy groups -OCH3 is 1. The molecule has 0 radical (unpaired) electrons. The van der Waals surface area contributed by atoms with Gasteiger partial charge >= 0.3 is 22.2 Å². The Balaban J connectivity index is 1.16. The Morgan fingerprint density at radius 1 is 0.921 bits per heavy atom. The molecule has 10 heteroatoms. The van der Waals surface area contributed by atoms with Crippen molar-refractivity contribution in [3.8, 4) is 16.9 Å². The fourth-order valence-electron chi connectivity index (χ4n) is 4.41. The number of nitrogens with two attached hydrogens (primary N) is 1. The number of benzene rings is 3. The minimum absolute atomic E-state index is 0.0219. The Kier molecular flexibility index (Phi) is 8.65. The van der Waals surface area contributed by atoms with E-state index in [4.69, 9.17) is 15.2 Å². The lowest BCUT2D eigenvalue weighted by atomic mass is 9.98. The average Bonchev–Trinajstić information content (AvgIpc) is 3.25. The second kappa shape index (κ2) is 12.1. The minimum Gasteiger partial charge on any atom is -0.497 e. The van der Waals surface area contributed by atoms with E-state index in [1.54, 1.807) is 0 Å². The molecule has 200 valence electrons. The van der Waals surface area contributed by atoms with Crippen molar-refractivity contribution in [3.63, 3.8) is 0 Å². The minimum atomic E-state index is -4.29. The number of amides is 1. The molecular formula is C28H30N2O7S. The van der Waals surface area contributed by atoms with Gasteiger partial charge in [-0.05, 0) is 65.8 Å². The van der Waals surface area contributed by atoms with Gasteiger partial charge in [0.1, 0.15) is 23.3 Å². The molecule has 0 unspecified atom stereocenters. The summed E-state index contributed by atoms with van der Waals surface area (Å²) in [5.41, 5.74) is 10.4. The van der Waals surface area contributed by atoms with Crippen LogP contribution < -0.4 is 15.8 Å². The Morgan fingerprint density at radius 3 is 2.13 bits per heavy atom. The van der Waals surface area contributed by atoms with Crippen molar-refractivity contribution in [2.45, 2.75) is 36.1 Å². The maximum absolute atomic E-state index is 12.3. The number of unbranched alkanes of at least 4 members (excludes halogenated alkanes) is 1. The number of rotatable bonds is 11. The number of ether oxygens (including phenoxy) is 2. The van der Waals surface area contributed by atoms with Crippen molar-refractivity contribution in [3.05, 3.63) is 83.9 Å². The first kappa shape index (κ1) is 27.2. The summed E-state index contributed by atoms with van der Waals surface area (Å²) in [4.78, 5) is 24.3. The Hall–Kier alpha value is -3.89. The van der Waals surface area contributed by atoms with Gasteiger partial charge in [0.15, 0.2) is 0 Å². The van der Waals surface area contributed by atoms with Gasteiger partial charge in [0, 0.05) is 12.5 Å². The van der Waals surface area contributed by atoms with E-state index in [9.17, 15) is 18.0 Å². The van der Waals surface area contributed by atoms with Crippen LogP contribution in [0.5, 0.6) is 5.75 Å². The third-order valence-electron chi connectivity index (χ3n) is 6.40. The van der Waals surface area contributed by atoms with Gasteiger partial charge in [0.05, 0.1) is 7.11 Å². The van der Waals surface area contributed by atoms with E-state index in [0.717, 1.165) is 22.3 Å². The average molecular weight is 539 g/mol. The largest absolute Gasteiger partial charge is 0.497 e. The molecule has 1 atom stereocenters. The third kappa shape index (κ3) is 6.32. The van der Waals surface area contributed by atoms with Crippen LogP contribution in [0, 0.1) is 0 Å². The molecule has 3 aromatic rings. The maximum Gasteiger partial charge on any atom is 0.407 e. The number of carbonyl (C=O) groups excluding carboxylic acids is 2. The van der Waals surface area contributed by atoms with Crippen LogP contribution in [0.3, 0.4) is 0 Å². The third-order valence-corrected chi connectivity index (χ3v) is 7.63. The van der Waals surface area contributed by atoms with Crippen LogP contribution in [0.2, 0.25) is 0 Å². The van der Waals surface area contributed by atoms with Crippen molar-refractivity contribution in [2.75, 3.05) is 20.3 Å². The zero-order chi connectivity index (χ0) is 27.1. The Morgan fingerprint density at radius 2 is 1.53 bits per heavy atom. The molecule has 0 aromatic heterocycles. The van der Waals surface area contributed by atoms with Crippen LogP contribution >= 0.6 is 0 Å². The molecule has 1 amide bonds. The van der Waals surface area contributed by atoms with E-state index < -0.39 is 28.2 Å². The maximum atomic E-state index is 12.3. The lowest BCUT2D eigenvalue weighted by molar-refractivity contribution is -0.135. The lowest BCUT2D eigenvalue weighted by Crippen LogP contribution is -2.34. The number of hydrogen-bond donors (Lipinski definition) is 2. The molecule has 38 heavy (non-hydrogen) atoms. The summed E-state index contributed by atoms with van der Waals surface area (Å²) >= 11 is 0. The fraction of sp³-hybridized carbons (Fsp3) is 0.286.